The van der Waals surface area contributed by atoms with Crippen molar-refractivity contribution in [3.63, 3.8) is 0 Å². The largest absolute Gasteiger partial charge is 0.318 e. The number of hydrogen-bond acceptors (Lipinski definition) is 2. The summed E-state index contributed by atoms with van der Waals surface area (Å²) < 4.78 is 1.17. The van der Waals surface area contributed by atoms with Gasteiger partial charge in [-0.05, 0) is 31.3 Å². The van der Waals surface area contributed by atoms with E-state index in [4.69, 9.17) is 0 Å². The summed E-state index contributed by atoms with van der Waals surface area (Å²) in [6, 6.07) is 19.4. The molecule has 0 aliphatic rings. The lowest BCUT2D eigenvalue weighted by Crippen LogP contribution is -2.31. The van der Waals surface area contributed by atoms with Gasteiger partial charge in [-0.15, -0.1) is 0 Å². The van der Waals surface area contributed by atoms with Crippen LogP contribution in [0.4, 0.5) is 0 Å². The van der Waals surface area contributed by atoms with E-state index in [1.54, 1.807) is 0 Å². The van der Waals surface area contributed by atoms with E-state index in [9.17, 15) is 0 Å². The lowest BCUT2D eigenvalue weighted by Gasteiger charge is -2.29. The number of hydrogen-bond donors (Lipinski definition) is 1. The van der Waals surface area contributed by atoms with Gasteiger partial charge in [0.2, 0.25) is 0 Å². The fourth-order valence-electron chi connectivity index (χ4n) is 2.40. The molecule has 1 N–H and O–H groups in total. The molecule has 0 radical (unpaired) electrons. The molecule has 1 unspecified atom stereocenters. The Morgan fingerprint density at radius 1 is 1.05 bits per heavy atom. The number of halogens is 1. The topological polar surface area (TPSA) is 15.3 Å². The predicted molar refractivity (Wildman–Crippen MR) is 88.7 cm³/mol. The average molecular weight is 333 g/mol. The van der Waals surface area contributed by atoms with Gasteiger partial charge in [0, 0.05) is 23.6 Å². The Labute approximate surface area is 129 Å². The monoisotopic (exact) mass is 332 g/mol. The normalized spacial score (nSPS) is 12.6. The molecule has 2 nitrogen and oxygen atoms in total. The molecule has 2 rings (SSSR count). The zero-order chi connectivity index (χ0) is 14.4. The van der Waals surface area contributed by atoms with Crippen molar-refractivity contribution >= 4 is 15.9 Å². The van der Waals surface area contributed by atoms with Crippen molar-refractivity contribution < 1.29 is 0 Å². The van der Waals surface area contributed by atoms with Crippen LogP contribution in [0.3, 0.4) is 0 Å². The van der Waals surface area contributed by atoms with Gasteiger partial charge in [-0.3, -0.25) is 4.90 Å². The first-order valence-electron chi connectivity index (χ1n) is 6.85. The highest BCUT2D eigenvalue weighted by Gasteiger charge is 2.16. The number of nitrogens with one attached hydrogen (secondary N) is 1. The molecule has 2 aromatic carbocycles. The van der Waals surface area contributed by atoms with Crippen molar-refractivity contribution in [3.8, 4) is 0 Å². The standard InChI is InChI=1S/C17H21BrN2/c1-19-12-17(14-8-4-3-5-9-14)20(2)13-15-10-6-7-11-16(15)18/h3-11,17,19H,12-13H2,1-2H3. The Hall–Kier alpha value is -1.16. The van der Waals surface area contributed by atoms with Crippen molar-refractivity contribution in [1.82, 2.24) is 10.2 Å². The summed E-state index contributed by atoms with van der Waals surface area (Å²) in [5.41, 5.74) is 2.66. The van der Waals surface area contributed by atoms with Crippen LogP contribution in [0.2, 0.25) is 0 Å². The molecule has 0 bridgehead atoms. The van der Waals surface area contributed by atoms with Gasteiger partial charge in [-0.25, -0.2) is 0 Å². The van der Waals surface area contributed by atoms with E-state index in [0.29, 0.717) is 6.04 Å². The third-order valence-corrected chi connectivity index (χ3v) is 4.27. The second-order valence-electron chi connectivity index (χ2n) is 4.99. The van der Waals surface area contributed by atoms with Gasteiger partial charge in [-0.2, -0.15) is 0 Å². The Balaban J connectivity index is 2.16. The fraction of sp³-hybridized carbons (Fsp3) is 0.294. The third-order valence-electron chi connectivity index (χ3n) is 3.49. The highest BCUT2D eigenvalue weighted by molar-refractivity contribution is 9.10. The number of benzene rings is 2. The molecule has 0 aliphatic heterocycles. The predicted octanol–water partition coefficient (Wildman–Crippen LogP) is 3.84. The summed E-state index contributed by atoms with van der Waals surface area (Å²) in [5.74, 6) is 0. The Bertz CT molecular complexity index is 528. The van der Waals surface area contributed by atoms with E-state index in [2.05, 4.69) is 87.8 Å². The first kappa shape index (κ1) is 15.2. The van der Waals surface area contributed by atoms with Crippen LogP contribution < -0.4 is 5.32 Å². The highest BCUT2D eigenvalue weighted by atomic mass is 79.9. The van der Waals surface area contributed by atoms with Gasteiger partial charge in [0.05, 0.1) is 0 Å². The summed E-state index contributed by atoms with van der Waals surface area (Å²) in [7, 11) is 4.18. The molecular weight excluding hydrogens is 312 g/mol. The van der Waals surface area contributed by atoms with E-state index in [1.165, 1.54) is 15.6 Å². The fourth-order valence-corrected chi connectivity index (χ4v) is 2.81. The molecule has 0 aromatic heterocycles. The molecule has 2 aromatic rings. The Kier molecular flexibility index (Phi) is 5.77. The van der Waals surface area contributed by atoms with E-state index in [-0.39, 0.29) is 0 Å². The van der Waals surface area contributed by atoms with Crippen LogP contribution in [0.1, 0.15) is 17.2 Å². The van der Waals surface area contributed by atoms with Crippen LogP contribution >= 0.6 is 15.9 Å². The summed E-state index contributed by atoms with van der Waals surface area (Å²) in [4.78, 5) is 2.38. The molecule has 0 saturated heterocycles. The Morgan fingerprint density at radius 3 is 2.35 bits per heavy atom. The SMILES string of the molecule is CNCC(c1ccccc1)N(C)Cc1ccccc1Br. The minimum Gasteiger partial charge on any atom is -0.318 e. The van der Waals surface area contributed by atoms with Gasteiger partial charge >= 0.3 is 0 Å². The van der Waals surface area contributed by atoms with E-state index >= 15 is 0 Å². The van der Waals surface area contributed by atoms with Crippen molar-refractivity contribution in [2.24, 2.45) is 0 Å². The molecular formula is C17H21BrN2. The quantitative estimate of drug-likeness (QED) is 0.864. The number of likely N-dealkylation sites (N-methyl/N-ethyl adjacent to an activating group) is 2. The van der Waals surface area contributed by atoms with Crippen molar-refractivity contribution in [2.45, 2.75) is 12.6 Å². The zero-order valence-electron chi connectivity index (χ0n) is 12.0. The molecule has 0 aliphatic carbocycles. The maximum absolute atomic E-state index is 3.63. The van der Waals surface area contributed by atoms with E-state index in [1.807, 2.05) is 7.05 Å². The first-order valence-corrected chi connectivity index (χ1v) is 7.65. The first-order chi connectivity index (χ1) is 9.72. The maximum Gasteiger partial charge on any atom is 0.0473 e. The van der Waals surface area contributed by atoms with Crippen molar-refractivity contribution in [3.05, 3.63) is 70.2 Å². The van der Waals surface area contributed by atoms with Gasteiger partial charge in [0.25, 0.3) is 0 Å². The van der Waals surface area contributed by atoms with Crippen LogP contribution in [-0.4, -0.2) is 25.5 Å². The summed E-state index contributed by atoms with van der Waals surface area (Å²) in [5, 5.41) is 3.29. The molecule has 0 amide bonds. The smallest absolute Gasteiger partial charge is 0.0473 e. The van der Waals surface area contributed by atoms with Crippen LogP contribution in [-0.2, 0) is 6.54 Å². The summed E-state index contributed by atoms with van der Waals surface area (Å²) in [6.07, 6.45) is 0. The molecule has 106 valence electrons. The van der Waals surface area contributed by atoms with Crippen LogP contribution in [0, 0.1) is 0 Å². The van der Waals surface area contributed by atoms with Gasteiger partial charge in [-0.1, -0.05) is 64.5 Å². The van der Waals surface area contributed by atoms with Crippen LogP contribution in [0.5, 0.6) is 0 Å². The summed E-state index contributed by atoms with van der Waals surface area (Å²) >= 11 is 3.63. The van der Waals surface area contributed by atoms with Crippen molar-refractivity contribution in [2.75, 3.05) is 20.6 Å². The molecule has 1 atom stereocenters. The zero-order valence-corrected chi connectivity index (χ0v) is 13.6. The lowest BCUT2D eigenvalue weighted by molar-refractivity contribution is 0.232. The second kappa shape index (κ2) is 7.58. The van der Waals surface area contributed by atoms with Gasteiger partial charge in [0.15, 0.2) is 0 Å². The second-order valence-corrected chi connectivity index (χ2v) is 5.85. The Morgan fingerprint density at radius 2 is 1.70 bits per heavy atom. The summed E-state index contributed by atoms with van der Waals surface area (Å²) in [6.45, 7) is 1.85. The van der Waals surface area contributed by atoms with Crippen molar-refractivity contribution in [1.29, 1.82) is 0 Å². The van der Waals surface area contributed by atoms with Crippen LogP contribution in [0.25, 0.3) is 0 Å². The molecule has 3 heteroatoms. The third kappa shape index (κ3) is 3.92. The molecule has 0 heterocycles. The maximum atomic E-state index is 3.63. The highest BCUT2D eigenvalue weighted by Crippen LogP contribution is 2.23. The molecule has 0 saturated carbocycles. The van der Waals surface area contributed by atoms with Crippen LogP contribution in [0.15, 0.2) is 59.1 Å². The minimum atomic E-state index is 0.369. The van der Waals surface area contributed by atoms with Gasteiger partial charge in [0.1, 0.15) is 0 Å². The molecule has 0 spiro atoms. The van der Waals surface area contributed by atoms with E-state index < -0.39 is 0 Å². The minimum absolute atomic E-state index is 0.369. The molecule has 0 fully saturated rings. The lowest BCUT2D eigenvalue weighted by atomic mass is 10.0. The number of rotatable bonds is 6. The van der Waals surface area contributed by atoms with E-state index in [0.717, 1.165) is 13.1 Å². The number of nitrogens with zero attached hydrogens (tertiary/aromatic N) is 1. The average Bonchev–Trinajstić information content (AvgIpc) is 2.48. The van der Waals surface area contributed by atoms with Gasteiger partial charge < -0.3 is 5.32 Å². The molecule has 20 heavy (non-hydrogen) atoms.